The van der Waals surface area contributed by atoms with Crippen molar-refractivity contribution < 1.29 is 0 Å². The van der Waals surface area contributed by atoms with Crippen molar-refractivity contribution in [1.29, 1.82) is 0 Å². The molecule has 0 amide bonds. The molecule has 4 heteroatoms. The van der Waals surface area contributed by atoms with Gasteiger partial charge in [0.1, 0.15) is 5.82 Å². The van der Waals surface area contributed by atoms with Crippen LogP contribution in [0.3, 0.4) is 0 Å². The zero-order valence-corrected chi connectivity index (χ0v) is 11.2. The molecule has 1 unspecified atom stereocenters. The third-order valence-corrected chi connectivity index (χ3v) is 3.98. The first-order valence-corrected chi connectivity index (χ1v) is 6.46. The van der Waals surface area contributed by atoms with Crippen LogP contribution < -0.4 is 10.6 Å². The van der Waals surface area contributed by atoms with Crippen LogP contribution in [0.4, 0.5) is 11.5 Å². The molecule has 2 N–H and O–H groups in total. The van der Waals surface area contributed by atoms with Crippen molar-refractivity contribution in [2.24, 2.45) is 0 Å². The predicted octanol–water partition coefficient (Wildman–Crippen LogP) is 3.23. The highest BCUT2D eigenvalue weighted by molar-refractivity contribution is 7.10. The number of thiophene rings is 1. The van der Waals surface area contributed by atoms with Crippen LogP contribution in [0, 0.1) is 6.92 Å². The zero-order chi connectivity index (χ0) is 12.4. The molecule has 2 heterocycles. The molecule has 0 aliphatic heterocycles. The van der Waals surface area contributed by atoms with Gasteiger partial charge in [-0.1, -0.05) is 6.07 Å². The number of aryl methyl sites for hydroxylation is 1. The summed E-state index contributed by atoms with van der Waals surface area (Å²) in [6.45, 7) is 4.22. The highest BCUT2D eigenvalue weighted by Gasteiger charge is 2.15. The maximum absolute atomic E-state index is 5.72. The number of anilines is 2. The van der Waals surface area contributed by atoms with Gasteiger partial charge < -0.3 is 10.6 Å². The Morgan fingerprint density at radius 3 is 2.82 bits per heavy atom. The zero-order valence-electron chi connectivity index (χ0n) is 10.3. The number of nitrogens with zero attached hydrogens (tertiary/aromatic N) is 2. The van der Waals surface area contributed by atoms with Gasteiger partial charge in [-0.25, -0.2) is 4.98 Å². The van der Waals surface area contributed by atoms with Crippen LogP contribution >= 0.6 is 11.3 Å². The fourth-order valence-electron chi connectivity index (χ4n) is 1.86. The van der Waals surface area contributed by atoms with Gasteiger partial charge in [0.15, 0.2) is 0 Å². The van der Waals surface area contributed by atoms with Gasteiger partial charge in [-0.15, -0.1) is 11.3 Å². The molecule has 0 saturated heterocycles. The second-order valence-electron chi connectivity index (χ2n) is 4.21. The lowest BCUT2D eigenvalue weighted by atomic mass is 10.2. The first-order valence-electron chi connectivity index (χ1n) is 5.58. The fourth-order valence-corrected chi connectivity index (χ4v) is 2.69. The highest BCUT2D eigenvalue weighted by Crippen LogP contribution is 2.29. The molecule has 0 bridgehead atoms. The Labute approximate surface area is 106 Å². The van der Waals surface area contributed by atoms with Crippen LogP contribution in [0.5, 0.6) is 0 Å². The normalized spacial score (nSPS) is 12.4. The molecule has 0 fully saturated rings. The van der Waals surface area contributed by atoms with Crippen molar-refractivity contribution >= 4 is 22.8 Å². The number of hydrogen-bond donors (Lipinski definition) is 1. The van der Waals surface area contributed by atoms with E-state index in [4.69, 9.17) is 5.73 Å². The molecule has 0 radical (unpaired) electrons. The molecule has 1 atom stereocenters. The van der Waals surface area contributed by atoms with Gasteiger partial charge in [-0.2, -0.15) is 0 Å². The number of pyridine rings is 1. The van der Waals surface area contributed by atoms with E-state index in [1.165, 1.54) is 4.88 Å². The van der Waals surface area contributed by atoms with Crippen molar-refractivity contribution in [2.75, 3.05) is 17.7 Å². The monoisotopic (exact) mass is 247 g/mol. The number of nitrogen functional groups attached to an aromatic ring is 1. The summed E-state index contributed by atoms with van der Waals surface area (Å²) in [4.78, 5) is 7.93. The van der Waals surface area contributed by atoms with Gasteiger partial charge in [0.25, 0.3) is 0 Å². The van der Waals surface area contributed by atoms with Gasteiger partial charge in [-0.3, -0.25) is 0 Å². The average molecular weight is 247 g/mol. The minimum atomic E-state index is 0.324. The predicted molar refractivity (Wildman–Crippen MR) is 74.5 cm³/mol. The van der Waals surface area contributed by atoms with Gasteiger partial charge in [-0.05, 0) is 36.9 Å². The van der Waals surface area contributed by atoms with E-state index in [0.29, 0.717) is 11.7 Å². The summed E-state index contributed by atoms with van der Waals surface area (Å²) in [6, 6.07) is 6.51. The standard InChI is InChI=1S/C13H17N3S/c1-9-7-11(14)8-15-13(9)16(3)10(2)12-5-4-6-17-12/h4-8,10H,14H2,1-3H3. The van der Waals surface area contributed by atoms with Gasteiger partial charge in [0.05, 0.1) is 17.9 Å². The lowest BCUT2D eigenvalue weighted by Crippen LogP contribution is -2.22. The topological polar surface area (TPSA) is 42.1 Å². The average Bonchev–Trinajstić information content (AvgIpc) is 2.80. The van der Waals surface area contributed by atoms with Crippen LogP contribution in [-0.4, -0.2) is 12.0 Å². The Hall–Kier alpha value is -1.55. The molecule has 0 aromatic carbocycles. The fraction of sp³-hybridized carbons (Fsp3) is 0.308. The Balaban J connectivity index is 2.28. The van der Waals surface area contributed by atoms with Crippen molar-refractivity contribution in [1.82, 2.24) is 4.98 Å². The van der Waals surface area contributed by atoms with E-state index in [0.717, 1.165) is 11.4 Å². The quantitative estimate of drug-likeness (QED) is 0.905. The maximum atomic E-state index is 5.72. The second kappa shape index (κ2) is 4.75. The van der Waals surface area contributed by atoms with Crippen LogP contribution in [0.15, 0.2) is 29.8 Å². The van der Waals surface area contributed by atoms with E-state index in [2.05, 4.69) is 41.4 Å². The van der Waals surface area contributed by atoms with Crippen LogP contribution in [0.25, 0.3) is 0 Å². The molecule has 2 aromatic rings. The third kappa shape index (κ3) is 2.42. The molecule has 0 spiro atoms. The number of rotatable bonds is 3. The van der Waals surface area contributed by atoms with Crippen LogP contribution in [0.1, 0.15) is 23.4 Å². The molecular formula is C13H17N3S. The minimum Gasteiger partial charge on any atom is -0.397 e. The molecule has 2 aromatic heterocycles. The molecule has 2 rings (SSSR count). The van der Waals surface area contributed by atoms with E-state index >= 15 is 0 Å². The maximum Gasteiger partial charge on any atom is 0.131 e. The van der Waals surface area contributed by atoms with E-state index in [-0.39, 0.29) is 0 Å². The van der Waals surface area contributed by atoms with Crippen molar-refractivity contribution in [2.45, 2.75) is 19.9 Å². The summed E-state index contributed by atoms with van der Waals surface area (Å²) in [5, 5.41) is 2.10. The molecule has 0 saturated carbocycles. The summed E-state index contributed by atoms with van der Waals surface area (Å²) in [5.74, 6) is 0.986. The summed E-state index contributed by atoms with van der Waals surface area (Å²) >= 11 is 1.77. The molecule has 17 heavy (non-hydrogen) atoms. The third-order valence-electron chi connectivity index (χ3n) is 2.94. The minimum absolute atomic E-state index is 0.324. The SMILES string of the molecule is Cc1cc(N)cnc1N(C)C(C)c1cccs1. The first kappa shape index (κ1) is 11.9. The molecule has 90 valence electrons. The number of nitrogens with two attached hydrogens (primary N) is 1. The summed E-state index contributed by atoms with van der Waals surface area (Å²) in [7, 11) is 2.07. The van der Waals surface area contributed by atoms with Crippen LogP contribution in [0.2, 0.25) is 0 Å². The van der Waals surface area contributed by atoms with Crippen molar-refractivity contribution in [3.8, 4) is 0 Å². The van der Waals surface area contributed by atoms with E-state index < -0.39 is 0 Å². The molecule has 0 aliphatic rings. The van der Waals surface area contributed by atoms with Crippen molar-refractivity contribution in [3.05, 3.63) is 40.2 Å². The Bertz CT molecular complexity index is 493. The molecule has 0 aliphatic carbocycles. The summed E-state index contributed by atoms with van der Waals surface area (Å²) < 4.78 is 0. The lowest BCUT2D eigenvalue weighted by Gasteiger charge is -2.26. The van der Waals surface area contributed by atoms with E-state index in [1.807, 2.05) is 13.0 Å². The van der Waals surface area contributed by atoms with E-state index in [1.54, 1.807) is 17.5 Å². The van der Waals surface area contributed by atoms with E-state index in [9.17, 15) is 0 Å². The number of hydrogen-bond acceptors (Lipinski definition) is 4. The largest absolute Gasteiger partial charge is 0.397 e. The van der Waals surface area contributed by atoms with Gasteiger partial charge >= 0.3 is 0 Å². The summed E-state index contributed by atoms with van der Waals surface area (Å²) in [5.41, 5.74) is 7.54. The molecular weight excluding hydrogens is 230 g/mol. The lowest BCUT2D eigenvalue weighted by molar-refractivity contribution is 0.739. The highest BCUT2D eigenvalue weighted by atomic mass is 32.1. The Kier molecular flexibility index (Phi) is 3.33. The van der Waals surface area contributed by atoms with Crippen LogP contribution in [-0.2, 0) is 0 Å². The summed E-state index contributed by atoms with van der Waals surface area (Å²) in [6.07, 6.45) is 1.71. The Morgan fingerprint density at radius 2 is 2.24 bits per heavy atom. The molecule has 3 nitrogen and oxygen atoms in total. The van der Waals surface area contributed by atoms with Crippen molar-refractivity contribution in [3.63, 3.8) is 0 Å². The first-order chi connectivity index (χ1) is 8.09. The van der Waals surface area contributed by atoms with Gasteiger partial charge in [0.2, 0.25) is 0 Å². The second-order valence-corrected chi connectivity index (χ2v) is 5.19. The van der Waals surface area contributed by atoms with Gasteiger partial charge in [0, 0.05) is 11.9 Å². The smallest absolute Gasteiger partial charge is 0.131 e. The Morgan fingerprint density at radius 1 is 1.47 bits per heavy atom. The number of aromatic nitrogens is 1.